The van der Waals surface area contributed by atoms with Crippen molar-refractivity contribution in [3.63, 3.8) is 0 Å². The molecule has 0 bridgehead atoms. The van der Waals surface area contributed by atoms with Crippen molar-refractivity contribution in [2.75, 3.05) is 5.32 Å². The SMILES string of the molecule is CCc1ccc(C)[n+](CC(=O)Nc2cccc(C)c2C)c1. The second-order valence-corrected chi connectivity index (χ2v) is 5.46. The van der Waals surface area contributed by atoms with Gasteiger partial charge in [-0.3, -0.25) is 4.79 Å². The lowest BCUT2D eigenvalue weighted by atomic mass is 10.1. The summed E-state index contributed by atoms with van der Waals surface area (Å²) < 4.78 is 2.00. The first-order valence-corrected chi connectivity index (χ1v) is 7.36. The molecular weight excluding hydrogens is 260 g/mol. The van der Waals surface area contributed by atoms with Crippen molar-refractivity contribution in [3.05, 3.63) is 58.9 Å². The molecule has 2 aromatic rings. The number of hydrogen-bond acceptors (Lipinski definition) is 1. The van der Waals surface area contributed by atoms with E-state index in [1.54, 1.807) is 0 Å². The zero-order chi connectivity index (χ0) is 15.4. The summed E-state index contributed by atoms with van der Waals surface area (Å²) in [6.45, 7) is 8.55. The van der Waals surface area contributed by atoms with E-state index >= 15 is 0 Å². The normalized spacial score (nSPS) is 10.5. The zero-order valence-electron chi connectivity index (χ0n) is 13.2. The molecule has 0 atom stereocenters. The minimum atomic E-state index is 0.00468. The molecule has 1 amide bonds. The number of aromatic nitrogens is 1. The Morgan fingerprint density at radius 2 is 1.90 bits per heavy atom. The molecule has 0 radical (unpaired) electrons. The molecule has 0 aliphatic rings. The first kappa shape index (κ1) is 15.2. The van der Waals surface area contributed by atoms with Crippen LogP contribution in [0.5, 0.6) is 0 Å². The Balaban J connectivity index is 2.13. The monoisotopic (exact) mass is 283 g/mol. The molecule has 21 heavy (non-hydrogen) atoms. The lowest BCUT2D eigenvalue weighted by Gasteiger charge is -2.09. The minimum absolute atomic E-state index is 0.00468. The fourth-order valence-electron chi connectivity index (χ4n) is 2.28. The van der Waals surface area contributed by atoms with E-state index in [9.17, 15) is 4.79 Å². The van der Waals surface area contributed by atoms with Gasteiger partial charge in [0.25, 0.3) is 5.91 Å². The van der Waals surface area contributed by atoms with Crippen LogP contribution < -0.4 is 9.88 Å². The molecule has 1 heterocycles. The fraction of sp³-hybridized carbons (Fsp3) is 0.333. The van der Waals surface area contributed by atoms with Crippen LogP contribution in [0.15, 0.2) is 36.5 Å². The molecule has 0 aliphatic heterocycles. The number of carbonyl (C=O) groups is 1. The minimum Gasteiger partial charge on any atom is -0.320 e. The van der Waals surface area contributed by atoms with Gasteiger partial charge in [-0.05, 0) is 43.5 Å². The van der Waals surface area contributed by atoms with Crippen LogP contribution in [0.1, 0.15) is 29.3 Å². The number of aryl methyl sites for hydroxylation is 3. The van der Waals surface area contributed by atoms with E-state index < -0.39 is 0 Å². The number of hydrogen-bond donors (Lipinski definition) is 1. The van der Waals surface area contributed by atoms with Crippen LogP contribution in [0.3, 0.4) is 0 Å². The molecule has 1 N–H and O–H groups in total. The summed E-state index contributed by atoms with van der Waals surface area (Å²) in [5.74, 6) is 0.00468. The van der Waals surface area contributed by atoms with Crippen molar-refractivity contribution < 1.29 is 9.36 Å². The van der Waals surface area contributed by atoms with Gasteiger partial charge in [0.2, 0.25) is 6.54 Å². The number of pyridine rings is 1. The van der Waals surface area contributed by atoms with Crippen LogP contribution in [0.25, 0.3) is 0 Å². The fourth-order valence-corrected chi connectivity index (χ4v) is 2.28. The van der Waals surface area contributed by atoms with Crippen LogP contribution >= 0.6 is 0 Å². The lowest BCUT2D eigenvalue weighted by molar-refractivity contribution is -0.690. The Hall–Kier alpha value is -2.16. The quantitative estimate of drug-likeness (QED) is 0.859. The van der Waals surface area contributed by atoms with Crippen molar-refractivity contribution in [1.82, 2.24) is 0 Å². The Labute approximate surface area is 126 Å². The molecular formula is C18H23N2O+. The first-order chi connectivity index (χ1) is 10.0. The van der Waals surface area contributed by atoms with Gasteiger partial charge in [-0.15, -0.1) is 0 Å². The van der Waals surface area contributed by atoms with Crippen LogP contribution in [0, 0.1) is 20.8 Å². The summed E-state index contributed by atoms with van der Waals surface area (Å²) in [5, 5.41) is 3.00. The second-order valence-electron chi connectivity index (χ2n) is 5.46. The van der Waals surface area contributed by atoms with E-state index in [1.807, 2.05) is 30.5 Å². The van der Waals surface area contributed by atoms with Crippen LogP contribution in [-0.2, 0) is 17.8 Å². The molecule has 0 unspecified atom stereocenters. The predicted octanol–water partition coefficient (Wildman–Crippen LogP) is 3.10. The highest BCUT2D eigenvalue weighted by Gasteiger charge is 2.14. The highest BCUT2D eigenvalue weighted by Crippen LogP contribution is 2.17. The van der Waals surface area contributed by atoms with Gasteiger partial charge in [-0.25, -0.2) is 0 Å². The third kappa shape index (κ3) is 3.69. The highest BCUT2D eigenvalue weighted by molar-refractivity contribution is 5.90. The van der Waals surface area contributed by atoms with Crippen molar-refractivity contribution in [2.24, 2.45) is 0 Å². The largest absolute Gasteiger partial charge is 0.320 e. The number of amides is 1. The molecule has 3 nitrogen and oxygen atoms in total. The van der Waals surface area contributed by atoms with Gasteiger partial charge in [-0.1, -0.05) is 19.1 Å². The van der Waals surface area contributed by atoms with E-state index in [0.717, 1.165) is 23.4 Å². The average Bonchev–Trinajstić information content (AvgIpc) is 2.46. The molecule has 0 spiro atoms. The third-order valence-corrected chi connectivity index (χ3v) is 3.91. The number of carbonyl (C=O) groups excluding carboxylic acids is 1. The molecule has 1 aromatic carbocycles. The summed E-state index contributed by atoms with van der Waals surface area (Å²) in [6, 6.07) is 10.1. The maximum atomic E-state index is 12.3. The second kappa shape index (κ2) is 6.53. The van der Waals surface area contributed by atoms with Crippen molar-refractivity contribution in [1.29, 1.82) is 0 Å². The summed E-state index contributed by atoms with van der Waals surface area (Å²) in [5.41, 5.74) is 5.52. The topological polar surface area (TPSA) is 33.0 Å². The van der Waals surface area contributed by atoms with Gasteiger partial charge in [0.05, 0.1) is 0 Å². The van der Waals surface area contributed by atoms with Gasteiger partial charge < -0.3 is 5.32 Å². The summed E-state index contributed by atoms with van der Waals surface area (Å²) in [6.07, 6.45) is 3.02. The number of anilines is 1. The van der Waals surface area contributed by atoms with E-state index in [-0.39, 0.29) is 5.91 Å². The molecule has 0 fully saturated rings. The third-order valence-electron chi connectivity index (χ3n) is 3.91. The molecule has 110 valence electrons. The van der Waals surface area contributed by atoms with Crippen LogP contribution in [0.2, 0.25) is 0 Å². The van der Waals surface area contributed by atoms with E-state index in [0.29, 0.717) is 6.54 Å². The van der Waals surface area contributed by atoms with Crippen LogP contribution in [0.4, 0.5) is 5.69 Å². The van der Waals surface area contributed by atoms with Crippen molar-refractivity contribution >= 4 is 11.6 Å². The Kier molecular flexibility index (Phi) is 4.73. The maximum absolute atomic E-state index is 12.3. The van der Waals surface area contributed by atoms with Crippen molar-refractivity contribution in [3.8, 4) is 0 Å². The highest BCUT2D eigenvalue weighted by atomic mass is 16.1. The molecule has 3 heteroatoms. The van der Waals surface area contributed by atoms with E-state index in [2.05, 4.69) is 43.6 Å². The summed E-state index contributed by atoms with van der Waals surface area (Å²) in [7, 11) is 0. The molecule has 0 saturated heterocycles. The van der Waals surface area contributed by atoms with Gasteiger partial charge in [-0.2, -0.15) is 4.57 Å². The molecule has 1 aromatic heterocycles. The summed E-state index contributed by atoms with van der Waals surface area (Å²) in [4.78, 5) is 12.3. The Morgan fingerprint density at radius 1 is 1.14 bits per heavy atom. The lowest BCUT2D eigenvalue weighted by Crippen LogP contribution is -2.43. The molecule has 0 aliphatic carbocycles. The standard InChI is InChI=1S/C18H22N2O/c1-5-16-10-9-14(3)20(11-16)12-18(21)19-17-8-6-7-13(2)15(17)4/h6-11H,5,12H2,1-4H3/p+1. The Bertz CT molecular complexity index is 662. The van der Waals surface area contributed by atoms with Gasteiger partial charge in [0.15, 0.2) is 11.9 Å². The van der Waals surface area contributed by atoms with Crippen molar-refractivity contribution in [2.45, 2.75) is 40.7 Å². The molecule has 0 saturated carbocycles. The zero-order valence-corrected chi connectivity index (χ0v) is 13.2. The predicted molar refractivity (Wildman–Crippen MR) is 85.3 cm³/mol. The number of nitrogens with zero attached hydrogens (tertiary/aromatic N) is 1. The smallest absolute Gasteiger partial charge is 0.290 e. The van der Waals surface area contributed by atoms with Crippen LogP contribution in [-0.4, -0.2) is 5.91 Å². The number of nitrogens with one attached hydrogen (secondary N) is 1. The number of benzene rings is 1. The van der Waals surface area contributed by atoms with E-state index in [1.165, 1.54) is 11.1 Å². The first-order valence-electron chi connectivity index (χ1n) is 7.36. The molecule has 2 rings (SSSR count). The Morgan fingerprint density at radius 3 is 2.62 bits per heavy atom. The number of rotatable bonds is 4. The average molecular weight is 283 g/mol. The maximum Gasteiger partial charge on any atom is 0.290 e. The van der Waals surface area contributed by atoms with Gasteiger partial charge in [0.1, 0.15) is 0 Å². The van der Waals surface area contributed by atoms with Gasteiger partial charge >= 0.3 is 0 Å². The van der Waals surface area contributed by atoms with E-state index in [4.69, 9.17) is 0 Å². The van der Waals surface area contributed by atoms with Gasteiger partial charge in [0, 0.05) is 24.2 Å². The summed E-state index contributed by atoms with van der Waals surface area (Å²) >= 11 is 0.